The normalized spacial score (nSPS) is 30.9. The smallest absolute Gasteiger partial charge is 0.110 e. The predicted molar refractivity (Wildman–Crippen MR) is 73.3 cm³/mol. The van der Waals surface area contributed by atoms with Gasteiger partial charge in [0.05, 0.1) is 12.2 Å². The highest BCUT2D eigenvalue weighted by Gasteiger charge is 2.44. The van der Waals surface area contributed by atoms with Gasteiger partial charge in [0.15, 0.2) is 0 Å². The van der Waals surface area contributed by atoms with Crippen molar-refractivity contribution in [2.45, 2.75) is 63.8 Å². The van der Waals surface area contributed by atoms with Gasteiger partial charge in [0.25, 0.3) is 0 Å². The summed E-state index contributed by atoms with van der Waals surface area (Å²) in [6.45, 7) is 3.21. The van der Waals surface area contributed by atoms with Crippen molar-refractivity contribution in [3.05, 3.63) is 18.2 Å². The number of fused-ring (bicyclic) bond motifs is 2. The first kappa shape index (κ1) is 13.1. The fraction of sp³-hybridized carbons (Fsp3) is 0.786. The fourth-order valence-electron chi connectivity index (χ4n) is 3.61. The molecular formula is C14H24N4O. The minimum Gasteiger partial charge on any atom is -0.375 e. The van der Waals surface area contributed by atoms with Gasteiger partial charge >= 0.3 is 0 Å². The van der Waals surface area contributed by atoms with Gasteiger partial charge in [-0.25, -0.2) is 4.98 Å². The van der Waals surface area contributed by atoms with E-state index in [1.54, 1.807) is 0 Å². The van der Waals surface area contributed by atoms with Crippen molar-refractivity contribution in [3.63, 3.8) is 0 Å². The van der Waals surface area contributed by atoms with E-state index >= 15 is 0 Å². The average Bonchev–Trinajstić information content (AvgIpc) is 3.12. The molecular weight excluding hydrogens is 240 g/mol. The van der Waals surface area contributed by atoms with Crippen molar-refractivity contribution >= 4 is 0 Å². The van der Waals surface area contributed by atoms with Crippen molar-refractivity contribution in [2.75, 3.05) is 0 Å². The maximum absolute atomic E-state index is 5.94. The first-order valence-corrected chi connectivity index (χ1v) is 7.43. The molecule has 0 radical (unpaired) electrons. The minimum absolute atomic E-state index is 0.272. The maximum atomic E-state index is 5.94. The van der Waals surface area contributed by atoms with Gasteiger partial charge in [-0.3, -0.25) is 11.3 Å². The number of aromatic nitrogens is 2. The molecule has 4 unspecified atom stereocenters. The number of nitrogens with zero attached hydrogens (tertiary/aromatic N) is 2. The molecule has 1 aromatic heterocycles. The van der Waals surface area contributed by atoms with E-state index in [4.69, 9.17) is 10.6 Å². The third-order valence-corrected chi connectivity index (χ3v) is 4.55. The third kappa shape index (κ3) is 2.55. The molecule has 19 heavy (non-hydrogen) atoms. The highest BCUT2D eigenvalue weighted by molar-refractivity contribution is 5.01. The first-order chi connectivity index (χ1) is 9.31. The van der Waals surface area contributed by atoms with E-state index in [1.807, 2.05) is 6.20 Å². The molecule has 2 saturated heterocycles. The van der Waals surface area contributed by atoms with Crippen LogP contribution in [0.5, 0.6) is 0 Å². The second-order valence-electron chi connectivity index (χ2n) is 5.79. The van der Waals surface area contributed by atoms with Crippen LogP contribution in [0.1, 0.15) is 38.4 Å². The van der Waals surface area contributed by atoms with Gasteiger partial charge in [0.1, 0.15) is 5.82 Å². The maximum Gasteiger partial charge on any atom is 0.110 e. The Morgan fingerprint density at radius 3 is 3.11 bits per heavy atom. The van der Waals surface area contributed by atoms with Gasteiger partial charge in [0, 0.05) is 37.3 Å². The molecule has 2 fully saturated rings. The number of rotatable bonds is 6. The van der Waals surface area contributed by atoms with E-state index in [2.05, 4.69) is 28.1 Å². The summed E-state index contributed by atoms with van der Waals surface area (Å²) in [6, 6.07) is 0.272. The monoisotopic (exact) mass is 264 g/mol. The van der Waals surface area contributed by atoms with Crippen LogP contribution in [-0.4, -0.2) is 27.8 Å². The summed E-state index contributed by atoms with van der Waals surface area (Å²) in [5.74, 6) is 7.45. The van der Waals surface area contributed by atoms with Crippen LogP contribution in [-0.2, 0) is 17.7 Å². The molecule has 0 saturated carbocycles. The summed E-state index contributed by atoms with van der Waals surface area (Å²) >= 11 is 0. The highest BCUT2D eigenvalue weighted by Crippen LogP contribution is 2.40. The Morgan fingerprint density at radius 2 is 2.47 bits per heavy atom. The number of nitrogens with two attached hydrogens (primary N) is 1. The molecule has 5 heteroatoms. The largest absolute Gasteiger partial charge is 0.375 e. The lowest BCUT2D eigenvalue weighted by Crippen LogP contribution is -2.46. The quantitative estimate of drug-likeness (QED) is 0.599. The SMILES string of the molecule is CCCn1ccnc1CC(NN)C1CC2CCC1O2. The molecule has 4 atom stereocenters. The van der Waals surface area contributed by atoms with E-state index in [9.17, 15) is 0 Å². The summed E-state index contributed by atoms with van der Waals surface area (Å²) in [5, 5.41) is 0. The zero-order valence-electron chi connectivity index (χ0n) is 11.6. The molecule has 2 bridgehead atoms. The molecule has 3 heterocycles. The van der Waals surface area contributed by atoms with Crippen molar-refractivity contribution in [1.29, 1.82) is 0 Å². The Bertz CT molecular complexity index is 419. The van der Waals surface area contributed by atoms with E-state index < -0.39 is 0 Å². The van der Waals surface area contributed by atoms with Crippen molar-refractivity contribution in [1.82, 2.24) is 15.0 Å². The molecule has 2 aliphatic heterocycles. The van der Waals surface area contributed by atoms with Crippen LogP contribution in [0.25, 0.3) is 0 Å². The molecule has 0 amide bonds. The molecule has 0 spiro atoms. The van der Waals surface area contributed by atoms with Gasteiger partial charge in [-0.05, 0) is 25.7 Å². The fourth-order valence-corrected chi connectivity index (χ4v) is 3.61. The number of hydrogen-bond acceptors (Lipinski definition) is 4. The highest BCUT2D eigenvalue weighted by atomic mass is 16.5. The van der Waals surface area contributed by atoms with Crippen LogP contribution in [0.3, 0.4) is 0 Å². The van der Waals surface area contributed by atoms with Crippen LogP contribution < -0.4 is 11.3 Å². The zero-order valence-corrected chi connectivity index (χ0v) is 11.6. The second-order valence-corrected chi connectivity index (χ2v) is 5.79. The number of nitrogens with one attached hydrogen (secondary N) is 1. The van der Waals surface area contributed by atoms with Crippen molar-refractivity contribution in [2.24, 2.45) is 11.8 Å². The van der Waals surface area contributed by atoms with Crippen LogP contribution in [0.4, 0.5) is 0 Å². The Labute approximate surface area is 114 Å². The number of aryl methyl sites for hydroxylation is 1. The standard InChI is InChI=1S/C14H24N4O/c1-2-6-18-7-5-16-14(18)9-12(17-15)11-8-10-3-4-13(11)19-10/h5,7,10-13,17H,2-4,6,8-9,15H2,1H3. The molecule has 3 N–H and O–H groups in total. The summed E-state index contributed by atoms with van der Waals surface area (Å²) in [7, 11) is 0. The predicted octanol–water partition coefficient (Wildman–Crippen LogP) is 1.24. The molecule has 106 valence electrons. The minimum atomic E-state index is 0.272. The number of imidazole rings is 1. The lowest BCUT2D eigenvalue weighted by Gasteiger charge is -2.27. The Hall–Kier alpha value is -0.910. The molecule has 0 aliphatic carbocycles. The molecule has 5 nitrogen and oxygen atoms in total. The van der Waals surface area contributed by atoms with Gasteiger partial charge < -0.3 is 9.30 Å². The summed E-state index contributed by atoms with van der Waals surface area (Å²) in [4.78, 5) is 4.48. The average molecular weight is 264 g/mol. The first-order valence-electron chi connectivity index (χ1n) is 7.43. The van der Waals surface area contributed by atoms with Crippen LogP contribution in [0, 0.1) is 5.92 Å². The summed E-state index contributed by atoms with van der Waals surface area (Å²) in [6.07, 6.45) is 10.4. The van der Waals surface area contributed by atoms with E-state index in [-0.39, 0.29) is 6.04 Å². The van der Waals surface area contributed by atoms with Crippen LogP contribution in [0.15, 0.2) is 12.4 Å². The van der Waals surface area contributed by atoms with E-state index in [0.717, 1.165) is 31.6 Å². The van der Waals surface area contributed by atoms with Gasteiger partial charge in [0.2, 0.25) is 0 Å². The lowest BCUT2D eigenvalue weighted by atomic mass is 9.82. The molecule has 3 rings (SSSR count). The van der Waals surface area contributed by atoms with E-state index in [0.29, 0.717) is 18.1 Å². The number of hydrazine groups is 1. The van der Waals surface area contributed by atoms with Gasteiger partial charge in [-0.1, -0.05) is 6.92 Å². The lowest BCUT2D eigenvalue weighted by molar-refractivity contribution is 0.0855. The van der Waals surface area contributed by atoms with Crippen LogP contribution >= 0.6 is 0 Å². The summed E-state index contributed by atoms with van der Waals surface area (Å²) in [5.41, 5.74) is 3.00. The Balaban J connectivity index is 1.67. The van der Waals surface area contributed by atoms with Gasteiger partial charge in [-0.15, -0.1) is 0 Å². The number of ether oxygens (including phenoxy) is 1. The van der Waals surface area contributed by atoms with Gasteiger partial charge in [-0.2, -0.15) is 0 Å². The van der Waals surface area contributed by atoms with Crippen molar-refractivity contribution < 1.29 is 4.74 Å². The van der Waals surface area contributed by atoms with E-state index in [1.165, 1.54) is 12.8 Å². The van der Waals surface area contributed by atoms with Crippen LogP contribution in [0.2, 0.25) is 0 Å². The summed E-state index contributed by atoms with van der Waals surface area (Å²) < 4.78 is 8.18. The van der Waals surface area contributed by atoms with Crippen molar-refractivity contribution in [3.8, 4) is 0 Å². The molecule has 1 aromatic rings. The Morgan fingerprint density at radius 1 is 1.58 bits per heavy atom. The number of hydrogen-bond donors (Lipinski definition) is 2. The third-order valence-electron chi connectivity index (χ3n) is 4.55. The topological polar surface area (TPSA) is 65.1 Å². The second kappa shape index (κ2) is 5.61. The molecule has 2 aliphatic rings. The zero-order chi connectivity index (χ0) is 13.2. The molecule has 0 aromatic carbocycles. The Kier molecular flexibility index (Phi) is 3.86.